The quantitative estimate of drug-likeness (QED) is 0.772. The predicted octanol–water partition coefficient (Wildman–Crippen LogP) is 0.457. The topological polar surface area (TPSA) is 76.7 Å². The molecule has 6 nitrogen and oxygen atoms in total. The van der Waals surface area contributed by atoms with Gasteiger partial charge in [-0.05, 0) is 11.4 Å². The van der Waals surface area contributed by atoms with Crippen molar-refractivity contribution in [3.8, 4) is 0 Å². The lowest BCUT2D eigenvalue weighted by atomic mass is 10.1. The van der Waals surface area contributed by atoms with Crippen molar-refractivity contribution in [2.24, 2.45) is 0 Å². The largest absolute Gasteiger partial charge is 0.469 e. The molecule has 0 saturated carbocycles. The number of nitrogens with one attached hydrogen (secondary N) is 2. The fraction of sp³-hybridized carbons (Fsp3) is 0.538. The van der Waals surface area contributed by atoms with Crippen LogP contribution in [0.4, 0.5) is 0 Å². The molecule has 7 heteroatoms. The molecule has 2 N–H and O–H groups in total. The number of methoxy groups -OCH3 is 1. The molecule has 0 aliphatic carbocycles. The van der Waals surface area contributed by atoms with Crippen molar-refractivity contribution in [3.63, 3.8) is 0 Å². The number of thiophene rings is 1. The van der Waals surface area contributed by atoms with E-state index >= 15 is 0 Å². The van der Waals surface area contributed by atoms with Crippen LogP contribution in [0.1, 0.15) is 17.3 Å². The van der Waals surface area contributed by atoms with Crippen LogP contribution in [0.5, 0.6) is 0 Å². The first kappa shape index (κ1) is 15.0. The first-order chi connectivity index (χ1) is 9.70. The Hall–Kier alpha value is -1.44. The third kappa shape index (κ3) is 4.03. The van der Waals surface area contributed by atoms with Gasteiger partial charge < -0.3 is 20.1 Å². The summed E-state index contributed by atoms with van der Waals surface area (Å²) in [5.74, 6) is -0.511. The molecule has 0 radical (unpaired) electrons. The Morgan fingerprint density at radius 1 is 1.65 bits per heavy atom. The molecule has 0 aromatic carbocycles. The molecule has 1 amide bonds. The SMILES string of the molecule is COC(=O)CC(NC(=O)C1COCCN1)c1cccs1. The minimum absolute atomic E-state index is 0.121. The van der Waals surface area contributed by atoms with Crippen molar-refractivity contribution in [2.75, 3.05) is 26.9 Å². The number of morpholine rings is 1. The van der Waals surface area contributed by atoms with Crippen molar-refractivity contribution in [2.45, 2.75) is 18.5 Å². The van der Waals surface area contributed by atoms with E-state index in [9.17, 15) is 9.59 Å². The van der Waals surface area contributed by atoms with Gasteiger partial charge in [0.05, 0.1) is 32.8 Å². The van der Waals surface area contributed by atoms with Gasteiger partial charge in [0.2, 0.25) is 5.91 Å². The lowest BCUT2D eigenvalue weighted by Crippen LogP contribution is -2.51. The average Bonchev–Trinajstić information content (AvgIpc) is 3.01. The molecule has 1 aliphatic rings. The van der Waals surface area contributed by atoms with Gasteiger partial charge in [0.15, 0.2) is 0 Å². The van der Waals surface area contributed by atoms with Gasteiger partial charge in [0.1, 0.15) is 6.04 Å². The van der Waals surface area contributed by atoms with E-state index in [-0.39, 0.29) is 30.4 Å². The highest BCUT2D eigenvalue weighted by molar-refractivity contribution is 7.10. The maximum atomic E-state index is 12.2. The van der Waals surface area contributed by atoms with Crippen LogP contribution in [0, 0.1) is 0 Å². The summed E-state index contributed by atoms with van der Waals surface area (Å²) in [5.41, 5.74) is 0. The minimum atomic E-state index is -0.371. The summed E-state index contributed by atoms with van der Waals surface area (Å²) in [6.45, 7) is 1.61. The fourth-order valence-corrected chi connectivity index (χ4v) is 2.75. The molecule has 1 aromatic rings. The van der Waals surface area contributed by atoms with E-state index in [4.69, 9.17) is 4.74 Å². The minimum Gasteiger partial charge on any atom is -0.469 e. The van der Waals surface area contributed by atoms with Gasteiger partial charge >= 0.3 is 5.97 Å². The Morgan fingerprint density at radius 2 is 2.50 bits per heavy atom. The summed E-state index contributed by atoms with van der Waals surface area (Å²) in [7, 11) is 1.34. The maximum absolute atomic E-state index is 12.2. The molecular weight excluding hydrogens is 280 g/mol. The van der Waals surface area contributed by atoms with Crippen LogP contribution in [0.15, 0.2) is 17.5 Å². The van der Waals surface area contributed by atoms with Crippen LogP contribution in [-0.4, -0.2) is 44.8 Å². The third-order valence-corrected chi connectivity index (χ3v) is 4.03. The lowest BCUT2D eigenvalue weighted by Gasteiger charge is -2.25. The summed E-state index contributed by atoms with van der Waals surface area (Å²) < 4.78 is 9.95. The first-order valence-corrected chi connectivity index (χ1v) is 7.30. The van der Waals surface area contributed by atoms with E-state index < -0.39 is 0 Å². The van der Waals surface area contributed by atoms with Crippen molar-refractivity contribution in [3.05, 3.63) is 22.4 Å². The number of esters is 1. The van der Waals surface area contributed by atoms with Crippen molar-refractivity contribution >= 4 is 23.2 Å². The molecule has 0 spiro atoms. The van der Waals surface area contributed by atoms with Gasteiger partial charge in [-0.2, -0.15) is 0 Å². The van der Waals surface area contributed by atoms with Crippen molar-refractivity contribution in [1.82, 2.24) is 10.6 Å². The molecule has 1 aliphatic heterocycles. The number of carbonyl (C=O) groups is 2. The summed E-state index contributed by atoms with van der Waals surface area (Å²) in [5, 5.41) is 7.88. The van der Waals surface area contributed by atoms with Gasteiger partial charge in [-0.25, -0.2) is 0 Å². The highest BCUT2D eigenvalue weighted by atomic mass is 32.1. The molecule has 2 atom stereocenters. The Labute approximate surface area is 121 Å². The van der Waals surface area contributed by atoms with E-state index in [1.165, 1.54) is 18.4 Å². The lowest BCUT2D eigenvalue weighted by molar-refractivity contribution is -0.141. The number of hydrogen-bond donors (Lipinski definition) is 2. The second-order valence-corrected chi connectivity index (χ2v) is 5.42. The standard InChI is InChI=1S/C13H18N2O4S/c1-18-12(16)7-9(11-3-2-6-20-11)15-13(17)10-8-19-5-4-14-10/h2-3,6,9-10,14H,4-5,7-8H2,1H3,(H,15,17). The van der Waals surface area contributed by atoms with Crippen LogP contribution in [0.3, 0.4) is 0 Å². The molecule has 1 fully saturated rings. The molecule has 2 heterocycles. The van der Waals surface area contributed by atoms with E-state index in [2.05, 4.69) is 15.4 Å². The van der Waals surface area contributed by atoms with Gasteiger partial charge in [-0.15, -0.1) is 11.3 Å². The zero-order valence-corrected chi connectivity index (χ0v) is 12.1. The van der Waals surface area contributed by atoms with E-state index in [1.54, 1.807) is 0 Å². The molecule has 1 saturated heterocycles. The van der Waals surface area contributed by atoms with Crippen molar-refractivity contribution < 1.29 is 19.1 Å². The molecule has 2 rings (SSSR count). The molecule has 0 bridgehead atoms. The van der Waals surface area contributed by atoms with Gasteiger partial charge in [0.25, 0.3) is 0 Å². The number of rotatable bonds is 5. The molecular formula is C13H18N2O4S. The third-order valence-electron chi connectivity index (χ3n) is 3.04. The van der Waals surface area contributed by atoms with E-state index in [0.717, 1.165) is 4.88 Å². The van der Waals surface area contributed by atoms with E-state index in [0.29, 0.717) is 19.8 Å². The zero-order chi connectivity index (χ0) is 14.4. The predicted molar refractivity (Wildman–Crippen MR) is 74.4 cm³/mol. The molecule has 20 heavy (non-hydrogen) atoms. The summed E-state index contributed by atoms with van der Waals surface area (Å²) in [4.78, 5) is 24.6. The van der Waals surface area contributed by atoms with Gasteiger partial charge in [-0.1, -0.05) is 6.07 Å². The second kappa shape index (κ2) is 7.37. The fourth-order valence-electron chi connectivity index (χ4n) is 1.97. The van der Waals surface area contributed by atoms with E-state index in [1.807, 2.05) is 17.5 Å². The Bertz CT molecular complexity index is 443. The number of hydrogen-bond acceptors (Lipinski definition) is 6. The summed E-state index contributed by atoms with van der Waals surface area (Å²) in [6, 6.07) is 3.05. The normalized spacial score (nSPS) is 20.1. The monoisotopic (exact) mass is 298 g/mol. The van der Waals surface area contributed by atoms with Gasteiger partial charge in [-0.3, -0.25) is 9.59 Å². The summed E-state index contributed by atoms with van der Waals surface area (Å²) in [6.07, 6.45) is 0.121. The smallest absolute Gasteiger partial charge is 0.307 e. The Morgan fingerprint density at radius 3 is 3.10 bits per heavy atom. The average molecular weight is 298 g/mol. The highest BCUT2D eigenvalue weighted by Crippen LogP contribution is 2.22. The van der Waals surface area contributed by atoms with Crippen LogP contribution in [0.2, 0.25) is 0 Å². The number of amides is 1. The number of ether oxygens (including phenoxy) is 2. The van der Waals surface area contributed by atoms with Crippen LogP contribution in [-0.2, 0) is 19.1 Å². The zero-order valence-electron chi connectivity index (χ0n) is 11.3. The van der Waals surface area contributed by atoms with Crippen LogP contribution >= 0.6 is 11.3 Å². The first-order valence-electron chi connectivity index (χ1n) is 6.42. The Kier molecular flexibility index (Phi) is 5.51. The molecule has 2 unspecified atom stereocenters. The highest BCUT2D eigenvalue weighted by Gasteiger charge is 2.26. The van der Waals surface area contributed by atoms with Crippen LogP contribution < -0.4 is 10.6 Å². The van der Waals surface area contributed by atoms with Crippen molar-refractivity contribution in [1.29, 1.82) is 0 Å². The molecule has 110 valence electrons. The van der Waals surface area contributed by atoms with Crippen LogP contribution in [0.25, 0.3) is 0 Å². The molecule has 1 aromatic heterocycles. The maximum Gasteiger partial charge on any atom is 0.307 e. The number of carbonyl (C=O) groups excluding carboxylic acids is 2. The summed E-state index contributed by atoms with van der Waals surface area (Å²) >= 11 is 1.50. The van der Waals surface area contributed by atoms with Gasteiger partial charge in [0, 0.05) is 11.4 Å². The second-order valence-electron chi connectivity index (χ2n) is 4.44. The Balaban J connectivity index is 1.99.